The molecule has 0 spiro atoms. The largest absolute Gasteiger partial charge is 0.478 e. The van der Waals surface area contributed by atoms with Crippen LogP contribution in [0.5, 0.6) is 0 Å². The van der Waals surface area contributed by atoms with Crippen molar-refractivity contribution in [3.63, 3.8) is 0 Å². The van der Waals surface area contributed by atoms with Crippen LogP contribution in [0.15, 0.2) is 12.5 Å². The van der Waals surface area contributed by atoms with Crippen molar-refractivity contribution in [1.29, 1.82) is 0 Å². The minimum Gasteiger partial charge on any atom is -0.478 e. The van der Waals surface area contributed by atoms with E-state index in [0.29, 0.717) is 13.1 Å². The molecule has 19 heavy (non-hydrogen) atoms. The van der Waals surface area contributed by atoms with Gasteiger partial charge in [0, 0.05) is 26.3 Å². The molecule has 1 aromatic heterocycles. The number of aromatic nitrogens is 2. The van der Waals surface area contributed by atoms with Gasteiger partial charge in [-0.1, -0.05) is 0 Å². The summed E-state index contributed by atoms with van der Waals surface area (Å²) in [6.07, 6.45) is 2.39. The normalized spacial score (nSPS) is 15.8. The second-order valence-electron chi connectivity index (χ2n) is 4.14. The number of piperazine rings is 1. The van der Waals surface area contributed by atoms with Crippen molar-refractivity contribution >= 4 is 17.8 Å². The third-order valence-electron chi connectivity index (χ3n) is 2.89. The molecule has 0 radical (unpaired) electrons. The first-order valence-corrected chi connectivity index (χ1v) is 5.57. The van der Waals surface area contributed by atoms with Crippen LogP contribution in [0.2, 0.25) is 0 Å². The molecule has 0 saturated carbocycles. The van der Waals surface area contributed by atoms with Crippen LogP contribution >= 0.6 is 0 Å². The van der Waals surface area contributed by atoms with Crippen LogP contribution in [0.1, 0.15) is 16.1 Å². The van der Waals surface area contributed by atoms with E-state index in [0.717, 1.165) is 0 Å². The minimum absolute atomic E-state index is 0.0113. The average Bonchev–Trinajstić information content (AvgIpc) is 2.40. The molecule has 8 nitrogen and oxygen atoms in total. The second-order valence-corrected chi connectivity index (χ2v) is 4.14. The number of rotatable bonds is 3. The molecule has 1 saturated heterocycles. The standard InChI is InChI=1S/C11H12N4O4/c1-14-2-3-15(10(17)9(14)16)5-8-7(11(18)19)4-12-6-13-8/h4,6H,2-3,5H2,1H3,(H,18,19). The van der Waals surface area contributed by atoms with E-state index >= 15 is 0 Å². The summed E-state index contributed by atoms with van der Waals surface area (Å²) >= 11 is 0. The summed E-state index contributed by atoms with van der Waals surface area (Å²) in [5, 5.41) is 9.00. The van der Waals surface area contributed by atoms with Gasteiger partial charge in [-0.05, 0) is 0 Å². The number of carbonyl (C=O) groups excluding carboxylic acids is 2. The molecule has 0 bridgehead atoms. The molecule has 1 fully saturated rings. The maximum Gasteiger partial charge on any atom is 0.339 e. The lowest BCUT2D eigenvalue weighted by Gasteiger charge is -2.31. The Hall–Kier alpha value is -2.51. The van der Waals surface area contributed by atoms with Crippen molar-refractivity contribution in [2.45, 2.75) is 6.54 Å². The summed E-state index contributed by atoms with van der Waals surface area (Å²) in [6, 6.07) is 0. The van der Waals surface area contributed by atoms with Gasteiger partial charge in [-0.2, -0.15) is 0 Å². The molecular weight excluding hydrogens is 252 g/mol. The van der Waals surface area contributed by atoms with Crippen LogP contribution in [-0.2, 0) is 16.1 Å². The fraction of sp³-hybridized carbons (Fsp3) is 0.364. The summed E-state index contributed by atoms with van der Waals surface area (Å²) in [5.41, 5.74) is 0.148. The number of likely N-dealkylation sites (N-methyl/N-ethyl adjacent to an activating group) is 1. The quantitative estimate of drug-likeness (QED) is 0.700. The highest BCUT2D eigenvalue weighted by molar-refractivity contribution is 6.35. The van der Waals surface area contributed by atoms with Crippen LogP contribution in [-0.4, -0.2) is 62.8 Å². The highest BCUT2D eigenvalue weighted by Crippen LogP contribution is 2.11. The lowest BCUT2D eigenvalue weighted by molar-refractivity contribution is -0.155. The fourth-order valence-electron chi connectivity index (χ4n) is 1.76. The number of carboxylic acids is 1. The van der Waals surface area contributed by atoms with E-state index in [9.17, 15) is 14.4 Å². The number of carbonyl (C=O) groups is 3. The molecule has 0 aromatic carbocycles. The predicted molar refractivity (Wildman–Crippen MR) is 62.0 cm³/mol. The Kier molecular flexibility index (Phi) is 3.41. The van der Waals surface area contributed by atoms with E-state index in [4.69, 9.17) is 5.11 Å². The Morgan fingerprint density at radius 1 is 1.37 bits per heavy atom. The maximum atomic E-state index is 11.8. The molecule has 8 heteroatoms. The smallest absolute Gasteiger partial charge is 0.339 e. The van der Waals surface area contributed by atoms with E-state index in [1.807, 2.05) is 0 Å². The Balaban J connectivity index is 2.20. The Bertz CT molecular complexity index is 545. The second kappa shape index (κ2) is 5.01. The minimum atomic E-state index is -1.16. The topological polar surface area (TPSA) is 104 Å². The number of amides is 2. The van der Waals surface area contributed by atoms with Crippen LogP contribution < -0.4 is 0 Å². The zero-order valence-corrected chi connectivity index (χ0v) is 10.2. The molecule has 0 atom stereocenters. The number of carboxylic acid groups (broad SMARTS) is 1. The van der Waals surface area contributed by atoms with Gasteiger partial charge in [0.2, 0.25) is 0 Å². The van der Waals surface area contributed by atoms with Crippen molar-refractivity contribution in [2.75, 3.05) is 20.1 Å². The van der Waals surface area contributed by atoms with Gasteiger partial charge in [0.05, 0.1) is 12.2 Å². The number of hydrogen-bond donors (Lipinski definition) is 1. The highest BCUT2D eigenvalue weighted by atomic mass is 16.4. The number of aromatic carboxylic acids is 1. The van der Waals surface area contributed by atoms with Crippen molar-refractivity contribution in [2.24, 2.45) is 0 Å². The third kappa shape index (κ3) is 2.51. The van der Waals surface area contributed by atoms with Gasteiger partial charge in [0.25, 0.3) is 0 Å². The van der Waals surface area contributed by atoms with Gasteiger partial charge < -0.3 is 14.9 Å². The average molecular weight is 264 g/mol. The first-order valence-electron chi connectivity index (χ1n) is 5.57. The number of hydrogen-bond acceptors (Lipinski definition) is 5. The SMILES string of the molecule is CN1CCN(Cc2ncncc2C(=O)O)C(=O)C1=O. The highest BCUT2D eigenvalue weighted by Gasteiger charge is 2.31. The van der Waals surface area contributed by atoms with Crippen LogP contribution in [0.4, 0.5) is 0 Å². The van der Waals surface area contributed by atoms with E-state index in [-0.39, 0.29) is 17.8 Å². The molecule has 2 amide bonds. The number of nitrogens with zero attached hydrogens (tertiary/aromatic N) is 4. The first-order chi connectivity index (χ1) is 9.00. The van der Waals surface area contributed by atoms with Crippen molar-refractivity contribution in [1.82, 2.24) is 19.8 Å². The van der Waals surface area contributed by atoms with E-state index in [1.54, 1.807) is 7.05 Å². The maximum absolute atomic E-state index is 11.8. The Labute approximate surface area is 108 Å². The molecule has 0 unspecified atom stereocenters. The van der Waals surface area contributed by atoms with Crippen molar-refractivity contribution in [3.05, 3.63) is 23.8 Å². The van der Waals surface area contributed by atoms with Crippen molar-refractivity contribution in [3.8, 4) is 0 Å². The summed E-state index contributed by atoms with van der Waals surface area (Å²) < 4.78 is 0. The lowest BCUT2D eigenvalue weighted by atomic mass is 10.2. The summed E-state index contributed by atoms with van der Waals surface area (Å²) in [7, 11) is 1.55. The Morgan fingerprint density at radius 2 is 2.11 bits per heavy atom. The van der Waals surface area contributed by atoms with Gasteiger partial charge in [0.15, 0.2) is 0 Å². The molecule has 0 aliphatic carbocycles. The molecule has 100 valence electrons. The van der Waals surface area contributed by atoms with E-state index in [2.05, 4.69) is 9.97 Å². The molecule has 2 heterocycles. The zero-order valence-electron chi connectivity index (χ0n) is 10.2. The van der Waals surface area contributed by atoms with Crippen LogP contribution in [0, 0.1) is 0 Å². The first kappa shape index (κ1) is 12.9. The van der Waals surface area contributed by atoms with E-state index < -0.39 is 17.8 Å². The molecular formula is C11H12N4O4. The Morgan fingerprint density at radius 3 is 2.79 bits per heavy atom. The van der Waals surface area contributed by atoms with Gasteiger partial charge in [-0.25, -0.2) is 14.8 Å². The lowest BCUT2D eigenvalue weighted by Crippen LogP contribution is -2.52. The van der Waals surface area contributed by atoms with Gasteiger partial charge in [-0.3, -0.25) is 9.59 Å². The summed E-state index contributed by atoms with van der Waals surface area (Å²) in [5.74, 6) is -2.41. The van der Waals surface area contributed by atoms with E-state index in [1.165, 1.54) is 22.3 Å². The predicted octanol–water partition coefficient (Wildman–Crippen LogP) is -1.02. The van der Waals surface area contributed by atoms with Crippen molar-refractivity contribution < 1.29 is 19.5 Å². The zero-order chi connectivity index (χ0) is 14.0. The molecule has 1 N–H and O–H groups in total. The molecule has 1 aliphatic rings. The third-order valence-corrected chi connectivity index (χ3v) is 2.89. The monoisotopic (exact) mass is 264 g/mol. The summed E-state index contributed by atoms with van der Waals surface area (Å²) in [4.78, 5) is 44.4. The molecule has 2 rings (SSSR count). The van der Waals surface area contributed by atoms with Crippen LogP contribution in [0.3, 0.4) is 0 Å². The fourth-order valence-corrected chi connectivity index (χ4v) is 1.76. The summed E-state index contributed by atoms with van der Waals surface area (Å²) in [6.45, 7) is 0.755. The van der Waals surface area contributed by atoms with Crippen LogP contribution in [0.25, 0.3) is 0 Å². The van der Waals surface area contributed by atoms with Gasteiger partial charge in [-0.15, -0.1) is 0 Å². The van der Waals surface area contributed by atoms with Gasteiger partial charge >= 0.3 is 17.8 Å². The van der Waals surface area contributed by atoms with Gasteiger partial charge in [0.1, 0.15) is 11.9 Å². The molecule has 1 aliphatic heterocycles. The molecule has 1 aromatic rings.